The fourth-order valence-corrected chi connectivity index (χ4v) is 5.05. The smallest absolute Gasteiger partial charge is 0.308 e. The second-order valence-corrected chi connectivity index (χ2v) is 10.5. The molecule has 0 aliphatic heterocycles. The molecule has 1 heterocycles. The van der Waals surface area contributed by atoms with Crippen molar-refractivity contribution in [2.75, 3.05) is 15.5 Å². The Balaban J connectivity index is 1.39. The van der Waals surface area contributed by atoms with Crippen LogP contribution in [0.15, 0.2) is 77.3 Å². The fraction of sp³-hybridized carbons (Fsp3) is 0.207. The zero-order valence-electron chi connectivity index (χ0n) is 22.1. The number of hydrogen-bond donors (Lipinski definition) is 3. The number of aromatic amines is 1. The molecule has 0 saturated heterocycles. The molecule has 1 aliphatic carbocycles. The van der Waals surface area contributed by atoms with Crippen LogP contribution in [0.4, 0.5) is 35.3 Å². The monoisotopic (exact) mass is 639 g/mol. The number of rotatable bonds is 7. The summed E-state index contributed by atoms with van der Waals surface area (Å²) in [5, 5.41) is 18.1. The van der Waals surface area contributed by atoms with Crippen molar-refractivity contribution < 1.29 is 22.8 Å². The maximum absolute atomic E-state index is 13.5. The molecule has 3 N–H and O–H groups in total. The number of nitrogens with zero attached hydrogens (tertiary/aromatic N) is 4. The van der Waals surface area contributed by atoms with Crippen molar-refractivity contribution in [1.82, 2.24) is 20.6 Å². The van der Waals surface area contributed by atoms with E-state index >= 15 is 0 Å². The summed E-state index contributed by atoms with van der Waals surface area (Å²) in [6.45, 7) is 0.0866. The zero-order valence-corrected chi connectivity index (χ0v) is 23.7. The van der Waals surface area contributed by atoms with E-state index < -0.39 is 23.7 Å². The SMILES string of the molecule is O=C(Nc1nn[nH]n1)c1ccc(CN(C(=O)Nc2ccc(Br)c(C(F)(F)F)c2)c2ccc(C3=CCCCC3)cc2)cc1. The molecule has 0 radical (unpaired) electrons. The van der Waals surface area contributed by atoms with E-state index in [0.29, 0.717) is 16.8 Å². The van der Waals surface area contributed by atoms with Crippen LogP contribution in [0.3, 0.4) is 0 Å². The van der Waals surface area contributed by atoms with Crippen LogP contribution in [0.25, 0.3) is 5.57 Å². The number of alkyl halides is 3. The third kappa shape index (κ3) is 7.03. The number of tetrazole rings is 1. The number of hydrogen-bond acceptors (Lipinski definition) is 5. The van der Waals surface area contributed by atoms with Gasteiger partial charge in [0.1, 0.15) is 0 Å². The molecule has 1 aliphatic rings. The summed E-state index contributed by atoms with van der Waals surface area (Å²) in [5.74, 6) is -0.415. The molecule has 0 bridgehead atoms. The van der Waals surface area contributed by atoms with Crippen LogP contribution in [0, 0.1) is 0 Å². The zero-order chi connectivity index (χ0) is 29.7. The maximum atomic E-state index is 13.5. The standard InChI is InChI=1S/C29H25BrF3N7O2/c30-25-15-12-22(16-24(25)29(31,32)33)34-28(42)40(23-13-10-20(11-14-23)19-4-2-1-3-5-19)17-18-6-8-21(9-7-18)26(41)35-27-36-38-39-37-27/h4,6-16H,1-3,5,17H2,(H,34,42)(H2,35,36,37,38,39,41). The van der Waals surface area contributed by atoms with Gasteiger partial charge in [0.25, 0.3) is 11.9 Å². The van der Waals surface area contributed by atoms with Gasteiger partial charge in [0.05, 0.1) is 12.1 Å². The van der Waals surface area contributed by atoms with E-state index in [0.717, 1.165) is 30.9 Å². The van der Waals surface area contributed by atoms with E-state index in [2.05, 4.69) is 53.3 Å². The largest absolute Gasteiger partial charge is 0.417 e. The summed E-state index contributed by atoms with van der Waals surface area (Å²) in [7, 11) is 0. The number of anilines is 3. The van der Waals surface area contributed by atoms with Crippen LogP contribution in [0.5, 0.6) is 0 Å². The lowest BCUT2D eigenvalue weighted by Crippen LogP contribution is -2.34. The first-order chi connectivity index (χ1) is 20.2. The number of benzene rings is 3. The molecular formula is C29H25BrF3N7O2. The minimum absolute atomic E-state index is 0.00186. The van der Waals surface area contributed by atoms with E-state index in [4.69, 9.17) is 0 Å². The number of amides is 3. The highest BCUT2D eigenvalue weighted by Gasteiger charge is 2.33. The minimum atomic E-state index is -4.60. The topological polar surface area (TPSA) is 116 Å². The van der Waals surface area contributed by atoms with Gasteiger partial charge in [-0.2, -0.15) is 18.4 Å². The number of allylic oxidation sites excluding steroid dienone is 2. The van der Waals surface area contributed by atoms with E-state index in [1.807, 2.05) is 24.3 Å². The average molecular weight is 640 g/mol. The molecule has 5 rings (SSSR count). The summed E-state index contributed by atoms with van der Waals surface area (Å²) in [6, 6.07) is 17.0. The Morgan fingerprint density at radius 3 is 2.38 bits per heavy atom. The number of nitrogens with one attached hydrogen (secondary N) is 3. The van der Waals surface area contributed by atoms with Crippen molar-refractivity contribution in [1.29, 1.82) is 0 Å². The third-order valence-electron chi connectivity index (χ3n) is 6.74. The van der Waals surface area contributed by atoms with Crippen LogP contribution in [-0.4, -0.2) is 32.6 Å². The highest BCUT2D eigenvalue weighted by molar-refractivity contribution is 9.10. The lowest BCUT2D eigenvalue weighted by atomic mass is 9.93. The van der Waals surface area contributed by atoms with E-state index in [-0.39, 0.29) is 22.7 Å². The van der Waals surface area contributed by atoms with Gasteiger partial charge in [-0.1, -0.05) is 51.4 Å². The van der Waals surface area contributed by atoms with Gasteiger partial charge in [-0.05, 0) is 90.1 Å². The minimum Gasteiger partial charge on any atom is -0.308 e. The van der Waals surface area contributed by atoms with E-state index in [1.54, 1.807) is 24.3 Å². The Kier molecular flexibility index (Phi) is 8.67. The molecule has 13 heteroatoms. The lowest BCUT2D eigenvalue weighted by molar-refractivity contribution is -0.138. The van der Waals surface area contributed by atoms with Gasteiger partial charge in [-0.3, -0.25) is 15.0 Å². The van der Waals surface area contributed by atoms with Crippen molar-refractivity contribution in [3.8, 4) is 0 Å². The average Bonchev–Trinajstić information content (AvgIpc) is 3.50. The predicted molar refractivity (Wildman–Crippen MR) is 156 cm³/mol. The second-order valence-electron chi connectivity index (χ2n) is 9.62. The number of halogens is 4. The number of aromatic nitrogens is 4. The highest BCUT2D eigenvalue weighted by atomic mass is 79.9. The van der Waals surface area contributed by atoms with Gasteiger partial charge in [0.15, 0.2) is 0 Å². The summed E-state index contributed by atoms with van der Waals surface area (Å²) in [5.41, 5.74) is 3.00. The van der Waals surface area contributed by atoms with Gasteiger partial charge in [0.2, 0.25) is 0 Å². The van der Waals surface area contributed by atoms with Crippen molar-refractivity contribution in [3.05, 3.63) is 99.5 Å². The van der Waals surface area contributed by atoms with Crippen LogP contribution < -0.4 is 15.5 Å². The lowest BCUT2D eigenvalue weighted by Gasteiger charge is -2.24. The number of carbonyl (C=O) groups excluding carboxylic acids is 2. The quantitative estimate of drug-likeness (QED) is 0.194. The highest BCUT2D eigenvalue weighted by Crippen LogP contribution is 2.36. The molecule has 3 aromatic carbocycles. The van der Waals surface area contributed by atoms with Crippen LogP contribution >= 0.6 is 15.9 Å². The Hall–Kier alpha value is -4.52. The first-order valence-corrected chi connectivity index (χ1v) is 13.8. The molecule has 0 spiro atoms. The molecular weight excluding hydrogens is 615 g/mol. The predicted octanol–water partition coefficient (Wildman–Crippen LogP) is 7.43. The Morgan fingerprint density at radius 2 is 1.74 bits per heavy atom. The van der Waals surface area contributed by atoms with Crippen molar-refractivity contribution in [3.63, 3.8) is 0 Å². The van der Waals surface area contributed by atoms with Gasteiger partial charge in [-0.25, -0.2) is 4.79 Å². The molecule has 216 valence electrons. The van der Waals surface area contributed by atoms with Crippen LogP contribution in [-0.2, 0) is 12.7 Å². The summed E-state index contributed by atoms with van der Waals surface area (Å²) in [4.78, 5) is 27.4. The Morgan fingerprint density at radius 1 is 0.976 bits per heavy atom. The first-order valence-electron chi connectivity index (χ1n) is 13.1. The number of urea groups is 1. The summed E-state index contributed by atoms with van der Waals surface area (Å²) >= 11 is 2.93. The van der Waals surface area contributed by atoms with Crippen LogP contribution in [0.1, 0.15) is 52.7 Å². The normalized spacial score (nSPS) is 13.3. The molecule has 4 aromatic rings. The molecule has 0 atom stereocenters. The van der Waals surface area contributed by atoms with Gasteiger partial charge in [0, 0.05) is 21.4 Å². The van der Waals surface area contributed by atoms with Crippen molar-refractivity contribution in [2.45, 2.75) is 38.4 Å². The molecule has 3 amide bonds. The molecule has 0 saturated carbocycles. The van der Waals surface area contributed by atoms with Gasteiger partial charge < -0.3 is 5.32 Å². The molecule has 0 unspecified atom stereocenters. The van der Waals surface area contributed by atoms with Gasteiger partial charge >= 0.3 is 12.2 Å². The Bertz CT molecular complexity index is 1590. The molecule has 1 aromatic heterocycles. The fourth-order valence-electron chi connectivity index (χ4n) is 4.58. The van der Waals surface area contributed by atoms with E-state index in [9.17, 15) is 22.8 Å². The maximum Gasteiger partial charge on any atom is 0.417 e. The third-order valence-corrected chi connectivity index (χ3v) is 7.43. The molecule has 42 heavy (non-hydrogen) atoms. The Labute approximate surface area is 247 Å². The number of carbonyl (C=O) groups is 2. The van der Waals surface area contributed by atoms with Crippen molar-refractivity contribution in [2.24, 2.45) is 0 Å². The first kappa shape index (κ1) is 29.0. The van der Waals surface area contributed by atoms with Crippen LogP contribution in [0.2, 0.25) is 0 Å². The van der Waals surface area contributed by atoms with E-state index in [1.165, 1.54) is 29.0 Å². The molecule has 9 nitrogen and oxygen atoms in total. The summed E-state index contributed by atoms with van der Waals surface area (Å²) in [6.07, 6.45) is 1.94. The summed E-state index contributed by atoms with van der Waals surface area (Å²) < 4.78 is 40.3. The number of H-pyrrole nitrogens is 1. The van der Waals surface area contributed by atoms with Gasteiger partial charge in [-0.15, -0.1) is 5.10 Å². The molecule has 0 fully saturated rings. The second kappa shape index (κ2) is 12.6. The van der Waals surface area contributed by atoms with Crippen molar-refractivity contribution >= 4 is 50.8 Å².